The zero-order chi connectivity index (χ0) is 8.48. The number of hydrogen-bond acceptors (Lipinski definition) is 3. The summed E-state index contributed by atoms with van der Waals surface area (Å²) in [6.45, 7) is 0. The molecule has 0 heterocycles. The number of hydrogen-bond donors (Lipinski definition) is 2. The van der Waals surface area contributed by atoms with E-state index in [1.54, 1.807) is 6.07 Å². The highest BCUT2D eigenvalue weighted by molar-refractivity contribution is 7.86. The lowest BCUT2D eigenvalue weighted by molar-refractivity contribution is 0.483. The second kappa shape index (κ2) is 3.92. The Morgan fingerprint density at radius 3 is 2.08 bits per heavy atom. The fourth-order valence-corrected chi connectivity index (χ4v) is 1.33. The van der Waals surface area contributed by atoms with Gasteiger partial charge in [-0.15, -0.1) is 0 Å². The van der Waals surface area contributed by atoms with Gasteiger partial charge in [-0.3, -0.25) is 4.55 Å². The molecule has 4 nitrogen and oxygen atoms in total. The molecule has 1 aromatic carbocycles. The molecule has 0 saturated heterocycles. The first-order valence-corrected chi connectivity index (χ1v) is 4.28. The summed E-state index contributed by atoms with van der Waals surface area (Å²) in [7, 11) is -4.16. The summed E-state index contributed by atoms with van der Waals surface area (Å²) in [5.41, 5.74) is 5.32. The van der Waals surface area contributed by atoms with E-state index in [1.165, 1.54) is 18.2 Å². The van der Waals surface area contributed by atoms with Crippen molar-refractivity contribution in [1.82, 2.24) is 0 Å². The van der Waals surface area contributed by atoms with E-state index in [0.717, 1.165) is 0 Å². The fraction of sp³-hybridized carbons (Fsp3) is 0. The summed E-state index contributed by atoms with van der Waals surface area (Å²) < 4.78 is 29.6. The largest absolute Gasteiger partial charge is 0.398 e. The van der Waals surface area contributed by atoms with Gasteiger partial charge in [0.1, 0.15) is 4.90 Å². The lowest BCUT2D eigenvalue weighted by Gasteiger charge is -1.98. The summed E-state index contributed by atoms with van der Waals surface area (Å²) in [5, 5.41) is 0. The molecule has 3 N–H and O–H groups in total. The molecular formula is C6H10AlNO3S. The minimum atomic E-state index is -4.16. The van der Waals surface area contributed by atoms with Crippen molar-refractivity contribution >= 4 is 33.2 Å². The third-order valence-electron chi connectivity index (χ3n) is 1.20. The Kier molecular flexibility index (Phi) is 3.74. The molecule has 0 aliphatic rings. The number of nitrogens with two attached hydrogens (primary N) is 1. The van der Waals surface area contributed by atoms with Gasteiger partial charge in [-0.05, 0) is 12.1 Å². The van der Waals surface area contributed by atoms with Crippen molar-refractivity contribution in [1.29, 1.82) is 0 Å². The molecule has 0 aromatic heterocycles. The number of rotatable bonds is 1. The Hall–Kier alpha value is -0.538. The zero-order valence-electron chi connectivity index (χ0n) is 5.56. The minimum Gasteiger partial charge on any atom is -0.398 e. The van der Waals surface area contributed by atoms with Crippen LogP contribution < -0.4 is 5.73 Å². The molecule has 12 heavy (non-hydrogen) atoms. The SMILES string of the molecule is Nc1ccccc1S(=O)(=O)O.[AlH3]. The third-order valence-corrected chi connectivity index (χ3v) is 2.12. The Morgan fingerprint density at radius 2 is 1.75 bits per heavy atom. The number of benzene rings is 1. The molecule has 1 rings (SSSR count). The van der Waals surface area contributed by atoms with Crippen molar-refractivity contribution in [3.8, 4) is 0 Å². The van der Waals surface area contributed by atoms with Crippen LogP contribution in [0.2, 0.25) is 0 Å². The Balaban J connectivity index is 0.00000121. The molecule has 0 atom stereocenters. The first-order chi connectivity index (χ1) is 5.02. The maximum atomic E-state index is 10.5. The van der Waals surface area contributed by atoms with Crippen molar-refractivity contribution in [2.75, 3.05) is 5.73 Å². The van der Waals surface area contributed by atoms with Crippen LogP contribution in [0.25, 0.3) is 0 Å². The van der Waals surface area contributed by atoms with E-state index in [2.05, 4.69) is 0 Å². The second-order valence-electron chi connectivity index (χ2n) is 2.01. The van der Waals surface area contributed by atoms with E-state index in [0.29, 0.717) is 0 Å². The van der Waals surface area contributed by atoms with Gasteiger partial charge in [0.15, 0.2) is 17.4 Å². The molecule has 0 aliphatic carbocycles. The highest BCUT2D eigenvalue weighted by Crippen LogP contribution is 2.15. The van der Waals surface area contributed by atoms with Crippen LogP contribution in [0.4, 0.5) is 5.69 Å². The second-order valence-corrected chi connectivity index (χ2v) is 3.40. The van der Waals surface area contributed by atoms with Crippen LogP contribution in [0.5, 0.6) is 0 Å². The summed E-state index contributed by atoms with van der Waals surface area (Å²) >= 11 is 0. The van der Waals surface area contributed by atoms with Gasteiger partial charge in [0.25, 0.3) is 10.1 Å². The predicted molar refractivity (Wildman–Crippen MR) is 50.6 cm³/mol. The van der Waals surface area contributed by atoms with Crippen LogP contribution in [0, 0.1) is 0 Å². The van der Waals surface area contributed by atoms with Crippen molar-refractivity contribution in [3.05, 3.63) is 24.3 Å². The molecule has 0 unspecified atom stereocenters. The number of anilines is 1. The highest BCUT2D eigenvalue weighted by atomic mass is 32.2. The Bertz CT molecular complexity index is 363. The van der Waals surface area contributed by atoms with Crippen LogP contribution in [0.15, 0.2) is 29.2 Å². The van der Waals surface area contributed by atoms with Crippen LogP contribution >= 0.6 is 0 Å². The summed E-state index contributed by atoms with van der Waals surface area (Å²) in [5.74, 6) is 0. The maximum Gasteiger partial charge on any atom is 0.296 e. The van der Waals surface area contributed by atoms with Gasteiger partial charge in [-0.25, -0.2) is 0 Å². The average molecular weight is 203 g/mol. The standard InChI is InChI=1S/C6H7NO3S.Al.3H/c7-5-3-1-2-4-6(5)11(8,9)10;;;;/h1-4H,7H2,(H,8,9,10);;;;. The molecule has 6 heteroatoms. The van der Waals surface area contributed by atoms with Gasteiger partial charge in [0.2, 0.25) is 0 Å². The minimum absolute atomic E-state index is 0. The van der Waals surface area contributed by atoms with E-state index in [9.17, 15) is 8.42 Å². The summed E-state index contributed by atoms with van der Waals surface area (Å²) in [6, 6.07) is 5.72. The smallest absolute Gasteiger partial charge is 0.296 e. The van der Waals surface area contributed by atoms with Gasteiger partial charge in [0.05, 0.1) is 5.69 Å². The first kappa shape index (κ1) is 11.5. The van der Waals surface area contributed by atoms with Gasteiger partial charge >= 0.3 is 0 Å². The summed E-state index contributed by atoms with van der Waals surface area (Å²) in [6.07, 6.45) is 0. The van der Waals surface area contributed by atoms with Crippen molar-refractivity contribution in [3.63, 3.8) is 0 Å². The average Bonchev–Trinajstić information content (AvgIpc) is 1.86. The van der Waals surface area contributed by atoms with Gasteiger partial charge in [-0.1, -0.05) is 12.1 Å². The monoisotopic (exact) mass is 203 g/mol. The van der Waals surface area contributed by atoms with Gasteiger partial charge in [0, 0.05) is 0 Å². The Labute approximate surface area is 81.3 Å². The molecule has 0 amide bonds. The van der Waals surface area contributed by atoms with Crippen molar-refractivity contribution in [2.45, 2.75) is 4.90 Å². The molecule has 0 spiro atoms. The zero-order valence-corrected chi connectivity index (χ0v) is 6.38. The van der Waals surface area contributed by atoms with E-state index >= 15 is 0 Å². The third kappa shape index (κ3) is 2.50. The van der Waals surface area contributed by atoms with Crippen molar-refractivity contribution in [2.24, 2.45) is 0 Å². The summed E-state index contributed by atoms with van der Waals surface area (Å²) in [4.78, 5) is -0.250. The van der Waals surface area contributed by atoms with Crippen LogP contribution in [-0.2, 0) is 10.1 Å². The quantitative estimate of drug-likeness (QED) is 0.360. The maximum absolute atomic E-state index is 10.5. The molecule has 66 valence electrons. The van der Waals surface area contributed by atoms with E-state index in [-0.39, 0.29) is 27.9 Å². The van der Waals surface area contributed by atoms with Crippen molar-refractivity contribution < 1.29 is 13.0 Å². The molecule has 1 aromatic rings. The topological polar surface area (TPSA) is 80.4 Å². The van der Waals surface area contributed by atoms with Crippen LogP contribution in [0.1, 0.15) is 0 Å². The van der Waals surface area contributed by atoms with Crippen LogP contribution in [0.3, 0.4) is 0 Å². The van der Waals surface area contributed by atoms with Gasteiger partial charge in [-0.2, -0.15) is 8.42 Å². The van der Waals surface area contributed by atoms with E-state index in [4.69, 9.17) is 10.3 Å². The number of nitrogen functional groups attached to an aromatic ring is 1. The fourth-order valence-electron chi connectivity index (χ4n) is 0.715. The van der Waals surface area contributed by atoms with Crippen LogP contribution in [-0.4, -0.2) is 30.3 Å². The van der Waals surface area contributed by atoms with E-state index < -0.39 is 10.1 Å². The normalized spacial score (nSPS) is 10.4. The van der Waals surface area contributed by atoms with Gasteiger partial charge < -0.3 is 5.73 Å². The highest BCUT2D eigenvalue weighted by Gasteiger charge is 2.11. The molecule has 0 saturated carbocycles. The molecule has 0 fully saturated rings. The Morgan fingerprint density at radius 1 is 1.25 bits per heavy atom. The molecule has 0 aliphatic heterocycles. The lowest BCUT2D eigenvalue weighted by atomic mass is 10.3. The molecule has 0 radical (unpaired) electrons. The first-order valence-electron chi connectivity index (χ1n) is 2.84. The lowest BCUT2D eigenvalue weighted by Crippen LogP contribution is -2.01. The molecule has 0 bridgehead atoms. The molecular weight excluding hydrogens is 193 g/mol. The van der Waals surface area contributed by atoms with E-state index in [1.807, 2.05) is 0 Å². The number of para-hydroxylation sites is 1. The predicted octanol–water partition coefficient (Wildman–Crippen LogP) is -0.668.